The standard InChI is InChI=1S/C12H13F3N2O2/c13-12(14,15)11(16,10(18)19)9-6-5-7-3-1-2-4-8(7)17-9/h1-4,9,17H,5-6,16H2,(H,18,19). The molecule has 0 amide bonds. The molecule has 2 atom stereocenters. The Kier molecular flexibility index (Phi) is 3.17. The summed E-state index contributed by atoms with van der Waals surface area (Å²) in [6, 6.07) is 5.45. The average molecular weight is 274 g/mol. The van der Waals surface area contributed by atoms with Gasteiger partial charge in [-0.2, -0.15) is 13.2 Å². The molecule has 2 rings (SSSR count). The van der Waals surface area contributed by atoms with Gasteiger partial charge in [-0.25, -0.2) is 4.79 Å². The molecule has 7 heteroatoms. The van der Waals surface area contributed by atoms with Crippen molar-refractivity contribution in [3.8, 4) is 0 Å². The van der Waals surface area contributed by atoms with Gasteiger partial charge in [-0.05, 0) is 24.5 Å². The second-order valence-electron chi connectivity index (χ2n) is 4.56. The lowest BCUT2D eigenvalue weighted by Crippen LogP contribution is -2.69. The first-order chi connectivity index (χ1) is 8.76. The van der Waals surface area contributed by atoms with Crippen LogP contribution in [0.1, 0.15) is 12.0 Å². The Labute approximate surface area is 107 Å². The molecule has 1 aromatic carbocycles. The molecule has 1 heterocycles. The molecule has 1 aliphatic heterocycles. The Hall–Kier alpha value is -1.76. The highest BCUT2D eigenvalue weighted by Gasteiger charge is 2.63. The van der Waals surface area contributed by atoms with Crippen LogP contribution in [0.15, 0.2) is 24.3 Å². The summed E-state index contributed by atoms with van der Waals surface area (Å²) < 4.78 is 38.9. The molecule has 0 bridgehead atoms. The first kappa shape index (κ1) is 13.7. The Balaban J connectivity index is 2.35. The van der Waals surface area contributed by atoms with Crippen molar-refractivity contribution in [2.24, 2.45) is 5.73 Å². The number of carboxylic acids is 1. The third-order valence-corrected chi connectivity index (χ3v) is 3.42. The molecule has 0 saturated heterocycles. The first-order valence-corrected chi connectivity index (χ1v) is 5.70. The number of alkyl halides is 3. The lowest BCUT2D eigenvalue weighted by atomic mass is 9.83. The van der Waals surface area contributed by atoms with E-state index in [1.807, 2.05) is 0 Å². The van der Waals surface area contributed by atoms with Crippen LogP contribution in [0, 0.1) is 0 Å². The van der Waals surface area contributed by atoms with Gasteiger partial charge in [0.15, 0.2) is 0 Å². The smallest absolute Gasteiger partial charge is 0.419 e. The molecule has 4 nitrogen and oxygen atoms in total. The lowest BCUT2D eigenvalue weighted by molar-refractivity contribution is -0.205. The van der Waals surface area contributed by atoms with Gasteiger partial charge >= 0.3 is 12.1 Å². The number of rotatable bonds is 2. The molecule has 0 spiro atoms. The van der Waals surface area contributed by atoms with E-state index in [1.165, 1.54) is 0 Å². The predicted octanol–water partition coefficient (Wildman–Crippen LogP) is 1.76. The number of hydrogen-bond acceptors (Lipinski definition) is 3. The number of aryl methyl sites for hydroxylation is 1. The van der Waals surface area contributed by atoms with Crippen molar-refractivity contribution in [1.29, 1.82) is 0 Å². The molecular formula is C12H13F3N2O2. The van der Waals surface area contributed by atoms with Crippen LogP contribution in [-0.4, -0.2) is 28.8 Å². The van der Waals surface area contributed by atoms with E-state index in [4.69, 9.17) is 10.8 Å². The van der Waals surface area contributed by atoms with Gasteiger partial charge in [0.25, 0.3) is 0 Å². The zero-order valence-corrected chi connectivity index (χ0v) is 9.87. The van der Waals surface area contributed by atoms with Gasteiger partial charge in [-0.1, -0.05) is 18.2 Å². The zero-order chi connectivity index (χ0) is 14.3. The van der Waals surface area contributed by atoms with E-state index >= 15 is 0 Å². The van der Waals surface area contributed by atoms with Crippen LogP contribution in [0.3, 0.4) is 0 Å². The number of nitrogens with one attached hydrogen (secondary N) is 1. The van der Waals surface area contributed by atoms with E-state index in [0.717, 1.165) is 5.56 Å². The molecule has 1 aromatic rings. The van der Waals surface area contributed by atoms with Crippen LogP contribution in [-0.2, 0) is 11.2 Å². The molecule has 0 saturated carbocycles. The van der Waals surface area contributed by atoms with Gasteiger partial charge in [0.2, 0.25) is 5.54 Å². The van der Waals surface area contributed by atoms with E-state index in [-0.39, 0.29) is 6.42 Å². The third kappa shape index (κ3) is 2.14. The van der Waals surface area contributed by atoms with Gasteiger partial charge in [0.1, 0.15) is 0 Å². The van der Waals surface area contributed by atoms with E-state index in [0.29, 0.717) is 12.1 Å². The fourth-order valence-corrected chi connectivity index (χ4v) is 2.25. The van der Waals surface area contributed by atoms with Gasteiger partial charge in [-0.15, -0.1) is 0 Å². The summed E-state index contributed by atoms with van der Waals surface area (Å²) in [6.07, 6.45) is -4.65. The normalized spacial score (nSPS) is 22.0. The maximum Gasteiger partial charge on any atom is 0.419 e. The molecule has 0 aliphatic carbocycles. The number of fused-ring (bicyclic) bond motifs is 1. The van der Waals surface area contributed by atoms with E-state index in [1.54, 1.807) is 24.3 Å². The first-order valence-electron chi connectivity index (χ1n) is 5.70. The van der Waals surface area contributed by atoms with Crippen molar-refractivity contribution in [2.45, 2.75) is 30.6 Å². The van der Waals surface area contributed by atoms with Crippen LogP contribution >= 0.6 is 0 Å². The highest BCUT2D eigenvalue weighted by atomic mass is 19.4. The van der Waals surface area contributed by atoms with E-state index in [2.05, 4.69) is 5.32 Å². The topological polar surface area (TPSA) is 75.4 Å². The van der Waals surface area contributed by atoms with Crippen molar-refractivity contribution in [2.75, 3.05) is 5.32 Å². The van der Waals surface area contributed by atoms with E-state index in [9.17, 15) is 18.0 Å². The Morgan fingerprint density at radius 2 is 2.00 bits per heavy atom. The Morgan fingerprint density at radius 1 is 1.37 bits per heavy atom. The number of nitrogens with two attached hydrogens (primary N) is 1. The summed E-state index contributed by atoms with van der Waals surface area (Å²) in [5, 5.41) is 11.5. The highest BCUT2D eigenvalue weighted by Crippen LogP contribution is 2.37. The van der Waals surface area contributed by atoms with E-state index < -0.39 is 23.7 Å². The number of hydrogen-bond donors (Lipinski definition) is 3. The highest BCUT2D eigenvalue weighted by molar-refractivity contribution is 5.82. The van der Waals surface area contributed by atoms with Crippen LogP contribution in [0.4, 0.5) is 18.9 Å². The molecular weight excluding hydrogens is 261 g/mol. The summed E-state index contributed by atoms with van der Waals surface area (Å²) in [5.74, 6) is -2.07. The maximum absolute atomic E-state index is 13.0. The SMILES string of the molecule is NC(C(=O)O)(C1CCc2ccccc2N1)C(F)(F)F. The monoisotopic (exact) mass is 274 g/mol. The molecule has 0 fully saturated rings. The van der Waals surface area contributed by atoms with Crippen LogP contribution in [0.2, 0.25) is 0 Å². The summed E-state index contributed by atoms with van der Waals surface area (Å²) >= 11 is 0. The van der Waals surface area contributed by atoms with Gasteiger partial charge in [-0.3, -0.25) is 0 Å². The maximum atomic E-state index is 13.0. The van der Waals surface area contributed by atoms with Crippen LogP contribution < -0.4 is 11.1 Å². The minimum Gasteiger partial charge on any atom is -0.480 e. The average Bonchev–Trinajstić information content (AvgIpc) is 2.35. The molecule has 2 unspecified atom stereocenters. The van der Waals surface area contributed by atoms with Gasteiger partial charge in [0.05, 0.1) is 6.04 Å². The fraction of sp³-hybridized carbons (Fsp3) is 0.417. The van der Waals surface area contributed by atoms with Crippen LogP contribution in [0.5, 0.6) is 0 Å². The molecule has 0 aromatic heterocycles. The summed E-state index contributed by atoms with van der Waals surface area (Å²) in [7, 11) is 0. The van der Waals surface area contributed by atoms with Crippen molar-refractivity contribution >= 4 is 11.7 Å². The number of aliphatic carboxylic acids is 1. The fourth-order valence-electron chi connectivity index (χ4n) is 2.25. The zero-order valence-electron chi connectivity index (χ0n) is 9.87. The summed E-state index contributed by atoms with van der Waals surface area (Å²) in [4.78, 5) is 11.0. The van der Waals surface area contributed by atoms with Gasteiger partial charge in [0, 0.05) is 5.69 Å². The summed E-state index contributed by atoms with van der Waals surface area (Å²) in [6.45, 7) is 0. The Morgan fingerprint density at radius 3 is 2.58 bits per heavy atom. The van der Waals surface area contributed by atoms with Crippen molar-refractivity contribution < 1.29 is 23.1 Å². The quantitative estimate of drug-likeness (QED) is 0.768. The second kappa shape index (κ2) is 4.41. The molecule has 104 valence electrons. The number of carboxylic acid groups (broad SMARTS) is 1. The van der Waals surface area contributed by atoms with Crippen molar-refractivity contribution in [3.63, 3.8) is 0 Å². The number of halogens is 3. The van der Waals surface area contributed by atoms with Gasteiger partial charge < -0.3 is 16.2 Å². The number of para-hydroxylation sites is 1. The second-order valence-corrected chi connectivity index (χ2v) is 4.56. The summed E-state index contributed by atoms with van der Waals surface area (Å²) in [5.41, 5.74) is 3.23. The minimum absolute atomic E-state index is 0.0132. The van der Waals surface area contributed by atoms with Crippen LogP contribution in [0.25, 0.3) is 0 Å². The number of carbonyl (C=O) groups is 1. The van der Waals surface area contributed by atoms with Crippen molar-refractivity contribution in [3.05, 3.63) is 29.8 Å². The molecule has 1 aliphatic rings. The Bertz CT molecular complexity index is 504. The predicted molar refractivity (Wildman–Crippen MR) is 62.8 cm³/mol. The number of benzene rings is 1. The molecule has 4 N–H and O–H groups in total. The number of anilines is 1. The molecule has 0 radical (unpaired) electrons. The third-order valence-electron chi connectivity index (χ3n) is 3.42. The lowest BCUT2D eigenvalue weighted by Gasteiger charge is -2.38. The molecule has 19 heavy (non-hydrogen) atoms. The minimum atomic E-state index is -5.03. The van der Waals surface area contributed by atoms with Crippen molar-refractivity contribution in [1.82, 2.24) is 0 Å². The largest absolute Gasteiger partial charge is 0.480 e.